The van der Waals surface area contributed by atoms with E-state index in [4.69, 9.17) is 0 Å². The number of fused-ring (bicyclic) bond motifs is 3. The summed E-state index contributed by atoms with van der Waals surface area (Å²) in [7, 11) is 0. The molecule has 2 atom stereocenters. The molecule has 1 saturated carbocycles. The summed E-state index contributed by atoms with van der Waals surface area (Å²) in [6, 6.07) is 19.6. The molecule has 2 fully saturated rings. The lowest BCUT2D eigenvalue weighted by molar-refractivity contribution is -0.142. The van der Waals surface area contributed by atoms with Gasteiger partial charge in [-0.1, -0.05) is 55.3 Å². The fourth-order valence-corrected chi connectivity index (χ4v) is 7.37. The van der Waals surface area contributed by atoms with Gasteiger partial charge in [-0.25, -0.2) is 4.98 Å². The number of anilines is 2. The number of benzene rings is 2. The second-order valence-electron chi connectivity index (χ2n) is 11.7. The number of carbonyl (C=O) groups excluding carboxylic acids is 3. The van der Waals surface area contributed by atoms with E-state index < -0.39 is 11.0 Å². The summed E-state index contributed by atoms with van der Waals surface area (Å²) in [4.78, 5) is 46.7. The highest BCUT2D eigenvalue weighted by molar-refractivity contribution is 6.06. The van der Waals surface area contributed by atoms with Crippen LogP contribution in [-0.2, 0) is 32.6 Å². The zero-order chi connectivity index (χ0) is 27.3. The van der Waals surface area contributed by atoms with Crippen molar-refractivity contribution >= 4 is 29.2 Å². The lowest BCUT2D eigenvalue weighted by Gasteiger charge is -2.35. The van der Waals surface area contributed by atoms with E-state index in [0.717, 1.165) is 60.9 Å². The monoisotopic (exact) mass is 535 g/mol. The number of carbonyl (C=O) groups is 3. The van der Waals surface area contributed by atoms with Crippen molar-refractivity contribution in [2.75, 3.05) is 23.7 Å². The van der Waals surface area contributed by atoms with Crippen LogP contribution in [0.4, 0.5) is 11.5 Å². The maximum absolute atomic E-state index is 14.0. The van der Waals surface area contributed by atoms with Crippen LogP contribution in [0.1, 0.15) is 60.4 Å². The molecule has 7 rings (SSSR count). The van der Waals surface area contributed by atoms with Crippen LogP contribution in [0.2, 0.25) is 0 Å². The minimum absolute atomic E-state index is 0.00963. The normalized spacial score (nSPS) is 24.6. The highest BCUT2D eigenvalue weighted by Gasteiger charge is 2.51. The van der Waals surface area contributed by atoms with Crippen LogP contribution < -0.4 is 16.0 Å². The van der Waals surface area contributed by atoms with Crippen LogP contribution >= 0.6 is 0 Å². The van der Waals surface area contributed by atoms with Gasteiger partial charge in [0.2, 0.25) is 17.7 Å². The number of hydrogen-bond donors (Lipinski definition) is 3. The number of aromatic nitrogens is 1. The molecular weight excluding hydrogens is 502 g/mol. The maximum Gasteiger partial charge on any atom is 0.244 e. The number of nitrogens with one attached hydrogen (secondary N) is 3. The molecule has 2 aromatic carbocycles. The van der Waals surface area contributed by atoms with Gasteiger partial charge in [0, 0.05) is 17.4 Å². The lowest BCUT2D eigenvalue weighted by atomic mass is 9.79. The SMILES string of the molecule is O=C(CN1C(=O)C2(CCCC2)NCCC1c1ccccc1)Nc1ccc2c(c1)CC1(C2)C(=O)Nc2ncccc21. The van der Waals surface area contributed by atoms with Gasteiger partial charge in [-0.05, 0) is 73.5 Å². The molecular formula is C32H33N5O3. The first-order valence-electron chi connectivity index (χ1n) is 14.3. The van der Waals surface area contributed by atoms with Gasteiger partial charge in [-0.3, -0.25) is 14.4 Å². The fourth-order valence-electron chi connectivity index (χ4n) is 7.37. The molecule has 3 amide bonds. The van der Waals surface area contributed by atoms with Crippen LogP contribution in [0.25, 0.3) is 0 Å². The van der Waals surface area contributed by atoms with E-state index in [1.165, 1.54) is 0 Å². The van der Waals surface area contributed by atoms with Gasteiger partial charge >= 0.3 is 0 Å². The Labute approximate surface area is 233 Å². The Hall–Kier alpha value is -4.04. The van der Waals surface area contributed by atoms with Crippen molar-refractivity contribution in [2.45, 2.75) is 61.9 Å². The molecule has 8 heteroatoms. The number of rotatable bonds is 4. The van der Waals surface area contributed by atoms with E-state index >= 15 is 0 Å². The van der Waals surface area contributed by atoms with Crippen molar-refractivity contribution in [3.63, 3.8) is 0 Å². The van der Waals surface area contributed by atoms with Crippen molar-refractivity contribution in [2.24, 2.45) is 0 Å². The topological polar surface area (TPSA) is 103 Å². The van der Waals surface area contributed by atoms with Crippen molar-refractivity contribution in [1.29, 1.82) is 0 Å². The predicted molar refractivity (Wildman–Crippen MR) is 152 cm³/mol. The highest BCUT2D eigenvalue weighted by atomic mass is 16.2. The summed E-state index contributed by atoms with van der Waals surface area (Å²) >= 11 is 0. The molecule has 8 nitrogen and oxygen atoms in total. The van der Waals surface area contributed by atoms with Gasteiger partial charge in [-0.2, -0.15) is 0 Å². The van der Waals surface area contributed by atoms with E-state index in [0.29, 0.717) is 24.3 Å². The quantitative estimate of drug-likeness (QED) is 0.471. The average Bonchev–Trinajstić information content (AvgIpc) is 3.64. The first-order chi connectivity index (χ1) is 19.5. The van der Waals surface area contributed by atoms with Crippen LogP contribution in [0.3, 0.4) is 0 Å². The minimum Gasteiger partial charge on any atom is -0.325 e. The number of nitrogens with zero attached hydrogens (tertiary/aromatic N) is 2. The summed E-state index contributed by atoms with van der Waals surface area (Å²) < 4.78 is 0. The third kappa shape index (κ3) is 4.01. The lowest BCUT2D eigenvalue weighted by Crippen LogP contribution is -2.55. The molecule has 2 aliphatic heterocycles. The van der Waals surface area contributed by atoms with Gasteiger partial charge < -0.3 is 20.9 Å². The van der Waals surface area contributed by atoms with Gasteiger partial charge in [0.1, 0.15) is 12.4 Å². The molecule has 1 aromatic heterocycles. The van der Waals surface area contributed by atoms with Crippen LogP contribution in [0.15, 0.2) is 66.9 Å². The highest BCUT2D eigenvalue weighted by Crippen LogP contribution is 2.47. The second kappa shape index (κ2) is 9.55. The average molecular weight is 536 g/mol. The Kier molecular flexibility index (Phi) is 5.96. The van der Waals surface area contributed by atoms with Crippen molar-refractivity contribution in [3.05, 3.63) is 89.1 Å². The van der Waals surface area contributed by atoms with Gasteiger partial charge in [0.05, 0.1) is 17.0 Å². The van der Waals surface area contributed by atoms with E-state index in [1.807, 2.05) is 60.7 Å². The Morgan fingerprint density at radius 3 is 2.62 bits per heavy atom. The molecule has 2 aliphatic carbocycles. The second-order valence-corrected chi connectivity index (χ2v) is 11.7. The molecule has 3 aromatic rings. The Morgan fingerprint density at radius 2 is 1.80 bits per heavy atom. The number of pyridine rings is 1. The minimum atomic E-state index is -0.654. The molecule has 4 aliphatic rings. The zero-order valence-electron chi connectivity index (χ0n) is 22.4. The first-order valence-corrected chi connectivity index (χ1v) is 14.3. The number of hydrogen-bond acceptors (Lipinski definition) is 5. The summed E-state index contributed by atoms with van der Waals surface area (Å²) in [5.41, 5.74) is 3.59. The van der Waals surface area contributed by atoms with Gasteiger partial charge in [0.15, 0.2) is 0 Å². The maximum atomic E-state index is 14.0. The number of amides is 3. The molecule has 0 radical (unpaired) electrons. The summed E-state index contributed by atoms with van der Waals surface area (Å²) in [5.74, 6) is 0.426. The van der Waals surface area contributed by atoms with Crippen LogP contribution in [0, 0.1) is 0 Å². The Bertz CT molecular complexity index is 1500. The Balaban J connectivity index is 1.12. The molecule has 2 unspecified atom stereocenters. The molecule has 2 spiro atoms. The molecule has 1 saturated heterocycles. The molecule has 3 N–H and O–H groups in total. The molecule has 0 bridgehead atoms. The Morgan fingerprint density at radius 1 is 1.00 bits per heavy atom. The summed E-state index contributed by atoms with van der Waals surface area (Å²) in [6.07, 6.45) is 7.27. The van der Waals surface area contributed by atoms with E-state index in [9.17, 15) is 14.4 Å². The molecule has 3 heterocycles. The smallest absolute Gasteiger partial charge is 0.244 e. The first kappa shape index (κ1) is 25.0. The van der Waals surface area contributed by atoms with Crippen LogP contribution in [0.5, 0.6) is 0 Å². The predicted octanol–water partition coefficient (Wildman–Crippen LogP) is 3.88. The summed E-state index contributed by atoms with van der Waals surface area (Å²) in [6.45, 7) is 0.729. The largest absolute Gasteiger partial charge is 0.325 e. The van der Waals surface area contributed by atoms with E-state index in [1.54, 1.807) is 11.1 Å². The zero-order valence-corrected chi connectivity index (χ0v) is 22.4. The van der Waals surface area contributed by atoms with E-state index in [2.05, 4.69) is 20.9 Å². The molecule has 204 valence electrons. The standard InChI is InChI=1S/C32H33N5O3/c38-27(20-37-26(21-7-2-1-3-8-21)12-16-34-32(30(37)40)13-4-5-14-32)35-24-11-10-22-18-31(19-23(22)17-24)25-9-6-15-33-28(25)36-29(31)39/h1-3,6-11,15,17,26,34H,4-5,12-14,16,18-20H2,(H,35,38)(H,33,36,39). The van der Waals surface area contributed by atoms with Crippen molar-refractivity contribution in [1.82, 2.24) is 15.2 Å². The third-order valence-corrected chi connectivity index (χ3v) is 9.35. The third-order valence-electron chi connectivity index (χ3n) is 9.35. The van der Waals surface area contributed by atoms with Gasteiger partial charge in [-0.15, -0.1) is 0 Å². The van der Waals surface area contributed by atoms with Crippen molar-refractivity contribution in [3.8, 4) is 0 Å². The fraction of sp³-hybridized carbons (Fsp3) is 0.375. The van der Waals surface area contributed by atoms with E-state index in [-0.39, 0.29) is 30.3 Å². The van der Waals surface area contributed by atoms with Gasteiger partial charge in [0.25, 0.3) is 0 Å². The molecule has 40 heavy (non-hydrogen) atoms. The van der Waals surface area contributed by atoms with Crippen LogP contribution in [-0.4, -0.2) is 46.2 Å². The summed E-state index contributed by atoms with van der Waals surface area (Å²) in [5, 5.41) is 9.56. The van der Waals surface area contributed by atoms with Crippen molar-refractivity contribution < 1.29 is 14.4 Å².